The maximum Gasteiger partial charge on any atom is 0.249 e. The zero-order valence-corrected chi connectivity index (χ0v) is 14.1. The van der Waals surface area contributed by atoms with Crippen molar-refractivity contribution in [1.82, 2.24) is 20.4 Å². The van der Waals surface area contributed by atoms with Crippen molar-refractivity contribution in [1.29, 1.82) is 0 Å². The zero-order valence-electron chi connectivity index (χ0n) is 14.1. The van der Waals surface area contributed by atoms with Crippen molar-refractivity contribution in [3.8, 4) is 0 Å². The van der Waals surface area contributed by atoms with Crippen LogP contribution in [0.15, 0.2) is 22.9 Å². The maximum atomic E-state index is 12.4. The molecule has 0 bridgehead atoms. The predicted molar refractivity (Wildman–Crippen MR) is 87.3 cm³/mol. The van der Waals surface area contributed by atoms with Crippen LogP contribution in [0.25, 0.3) is 0 Å². The molecule has 24 heavy (non-hydrogen) atoms. The normalized spacial score (nSPS) is 17.1. The summed E-state index contributed by atoms with van der Waals surface area (Å²) in [6.07, 6.45) is 3.85. The minimum Gasteiger partial charge on any atom is -0.381 e. The van der Waals surface area contributed by atoms with Crippen LogP contribution in [0, 0.1) is 5.92 Å². The van der Waals surface area contributed by atoms with Crippen LogP contribution in [0.2, 0.25) is 0 Å². The first kappa shape index (κ1) is 16.7. The van der Waals surface area contributed by atoms with Gasteiger partial charge in [0, 0.05) is 31.0 Å². The Bertz CT molecular complexity index is 645. The molecule has 1 amide bonds. The van der Waals surface area contributed by atoms with E-state index in [-0.39, 0.29) is 23.8 Å². The van der Waals surface area contributed by atoms with Crippen LogP contribution >= 0.6 is 0 Å². The van der Waals surface area contributed by atoms with Gasteiger partial charge in [-0.3, -0.25) is 4.79 Å². The summed E-state index contributed by atoms with van der Waals surface area (Å²) in [5.41, 5.74) is 0.881. The molecule has 7 heteroatoms. The molecule has 0 aliphatic carbocycles. The van der Waals surface area contributed by atoms with Crippen molar-refractivity contribution in [2.45, 2.75) is 45.1 Å². The lowest BCUT2D eigenvalue weighted by molar-refractivity contribution is -0.122. The third-order valence-electron chi connectivity index (χ3n) is 4.31. The molecule has 1 aliphatic heterocycles. The lowest BCUT2D eigenvalue weighted by Gasteiger charge is -2.28. The number of aromatic amines is 1. The molecule has 1 atom stereocenters. The molecule has 0 radical (unpaired) electrons. The van der Waals surface area contributed by atoms with Gasteiger partial charge in [-0.15, -0.1) is 0 Å². The molecule has 2 aromatic heterocycles. The van der Waals surface area contributed by atoms with E-state index in [1.54, 1.807) is 0 Å². The van der Waals surface area contributed by atoms with Crippen LogP contribution in [0.3, 0.4) is 0 Å². The van der Waals surface area contributed by atoms with Crippen molar-refractivity contribution in [3.05, 3.63) is 35.7 Å². The van der Waals surface area contributed by atoms with Gasteiger partial charge in [0.1, 0.15) is 6.04 Å². The molecule has 3 heterocycles. The molecule has 1 saturated heterocycles. The van der Waals surface area contributed by atoms with E-state index in [9.17, 15) is 4.79 Å². The molecular weight excluding hydrogens is 308 g/mol. The van der Waals surface area contributed by atoms with Gasteiger partial charge < -0.3 is 19.6 Å². The minimum absolute atomic E-state index is 0.0572. The summed E-state index contributed by atoms with van der Waals surface area (Å²) in [6, 6.07) is 3.51. The van der Waals surface area contributed by atoms with Crippen LogP contribution in [0.5, 0.6) is 0 Å². The third-order valence-corrected chi connectivity index (χ3v) is 4.31. The summed E-state index contributed by atoms with van der Waals surface area (Å²) in [5, 5.41) is 7.12. The van der Waals surface area contributed by atoms with Crippen LogP contribution in [0.4, 0.5) is 0 Å². The highest BCUT2D eigenvalue weighted by molar-refractivity contribution is 5.78. The van der Waals surface area contributed by atoms with E-state index in [0.29, 0.717) is 31.3 Å². The fraction of sp³-hybridized carbons (Fsp3) is 0.588. The second kappa shape index (κ2) is 7.61. The number of nitrogens with zero attached hydrogens (tertiary/aromatic N) is 2. The Hall–Kier alpha value is -2.15. The Morgan fingerprint density at radius 2 is 2.21 bits per heavy atom. The summed E-state index contributed by atoms with van der Waals surface area (Å²) in [7, 11) is 0. The summed E-state index contributed by atoms with van der Waals surface area (Å²) >= 11 is 0. The zero-order chi connectivity index (χ0) is 16.9. The fourth-order valence-corrected chi connectivity index (χ4v) is 2.91. The first-order valence-electron chi connectivity index (χ1n) is 8.46. The molecule has 1 aliphatic rings. The van der Waals surface area contributed by atoms with Gasteiger partial charge in [-0.25, -0.2) is 0 Å². The largest absolute Gasteiger partial charge is 0.381 e. The monoisotopic (exact) mass is 332 g/mol. The van der Waals surface area contributed by atoms with Crippen molar-refractivity contribution in [2.24, 2.45) is 5.92 Å². The van der Waals surface area contributed by atoms with E-state index in [1.165, 1.54) is 0 Å². The first-order valence-corrected chi connectivity index (χ1v) is 8.46. The van der Waals surface area contributed by atoms with Gasteiger partial charge in [0.25, 0.3) is 0 Å². The van der Waals surface area contributed by atoms with E-state index in [2.05, 4.69) is 20.4 Å². The van der Waals surface area contributed by atoms with Crippen LogP contribution < -0.4 is 5.32 Å². The summed E-state index contributed by atoms with van der Waals surface area (Å²) in [5.74, 6) is 1.53. The lowest BCUT2D eigenvalue weighted by Crippen LogP contribution is -2.37. The molecule has 3 rings (SSSR count). The number of rotatable bonds is 6. The van der Waals surface area contributed by atoms with Gasteiger partial charge in [0.15, 0.2) is 5.82 Å². The number of aromatic nitrogens is 3. The number of amides is 1. The van der Waals surface area contributed by atoms with Crippen LogP contribution in [-0.4, -0.2) is 34.2 Å². The average molecular weight is 332 g/mol. The average Bonchev–Trinajstić information content (AvgIpc) is 3.25. The van der Waals surface area contributed by atoms with Gasteiger partial charge in [0.05, 0.1) is 6.42 Å². The SMILES string of the molecule is CC(C)c1noc(C(NC(=O)Cc2ccc[nH]2)C2CCOCC2)n1. The highest BCUT2D eigenvalue weighted by Gasteiger charge is 2.31. The number of nitrogens with one attached hydrogen (secondary N) is 2. The first-order chi connectivity index (χ1) is 11.6. The number of carbonyl (C=O) groups is 1. The van der Waals surface area contributed by atoms with Gasteiger partial charge in [-0.05, 0) is 30.9 Å². The van der Waals surface area contributed by atoms with E-state index in [4.69, 9.17) is 9.26 Å². The Morgan fingerprint density at radius 3 is 2.83 bits per heavy atom. The Kier molecular flexibility index (Phi) is 5.30. The maximum absolute atomic E-state index is 12.4. The van der Waals surface area contributed by atoms with Crippen molar-refractivity contribution in [2.75, 3.05) is 13.2 Å². The lowest BCUT2D eigenvalue weighted by atomic mass is 9.91. The molecule has 0 spiro atoms. The molecule has 0 aromatic carbocycles. The quantitative estimate of drug-likeness (QED) is 0.847. The van der Waals surface area contributed by atoms with Gasteiger partial charge in [-0.2, -0.15) is 4.98 Å². The number of hydrogen-bond acceptors (Lipinski definition) is 5. The van der Waals surface area contributed by atoms with E-state index >= 15 is 0 Å². The smallest absolute Gasteiger partial charge is 0.249 e. The standard InChI is InChI=1S/C17H24N4O3/c1-11(2)16-20-17(24-21-16)15(12-5-8-23-9-6-12)19-14(22)10-13-4-3-7-18-13/h3-4,7,11-12,15,18H,5-6,8-10H2,1-2H3,(H,19,22). The molecule has 1 fully saturated rings. The summed E-state index contributed by atoms with van der Waals surface area (Å²) < 4.78 is 10.9. The second-order valence-electron chi connectivity index (χ2n) is 6.51. The van der Waals surface area contributed by atoms with Gasteiger partial charge in [0.2, 0.25) is 11.8 Å². The van der Waals surface area contributed by atoms with Crippen molar-refractivity contribution >= 4 is 5.91 Å². The molecule has 130 valence electrons. The summed E-state index contributed by atoms with van der Waals surface area (Å²) in [4.78, 5) is 20.0. The van der Waals surface area contributed by atoms with Crippen LogP contribution in [0.1, 0.15) is 56.1 Å². The van der Waals surface area contributed by atoms with E-state index < -0.39 is 0 Å². The number of ether oxygens (including phenoxy) is 1. The Morgan fingerprint density at radius 1 is 1.42 bits per heavy atom. The Labute approximate surface area is 141 Å². The number of H-pyrrole nitrogens is 1. The molecule has 1 unspecified atom stereocenters. The molecule has 0 saturated carbocycles. The summed E-state index contributed by atoms with van der Waals surface area (Å²) in [6.45, 7) is 5.42. The van der Waals surface area contributed by atoms with Crippen molar-refractivity contribution in [3.63, 3.8) is 0 Å². The van der Waals surface area contributed by atoms with Gasteiger partial charge >= 0.3 is 0 Å². The minimum atomic E-state index is -0.267. The molecular formula is C17H24N4O3. The van der Waals surface area contributed by atoms with Crippen molar-refractivity contribution < 1.29 is 14.1 Å². The number of carbonyl (C=O) groups excluding carboxylic acids is 1. The topological polar surface area (TPSA) is 93.0 Å². The predicted octanol–water partition coefficient (Wildman–Crippen LogP) is 2.35. The molecule has 2 N–H and O–H groups in total. The highest BCUT2D eigenvalue weighted by Crippen LogP contribution is 2.30. The highest BCUT2D eigenvalue weighted by atomic mass is 16.5. The third kappa shape index (κ3) is 4.03. The molecule has 2 aromatic rings. The van der Waals surface area contributed by atoms with Gasteiger partial charge in [-0.1, -0.05) is 19.0 Å². The second-order valence-corrected chi connectivity index (χ2v) is 6.51. The van der Waals surface area contributed by atoms with Crippen LogP contribution in [-0.2, 0) is 16.0 Å². The van der Waals surface area contributed by atoms with E-state index in [0.717, 1.165) is 18.5 Å². The fourth-order valence-electron chi connectivity index (χ4n) is 2.91. The Balaban J connectivity index is 1.74. The number of hydrogen-bond donors (Lipinski definition) is 2. The molecule has 7 nitrogen and oxygen atoms in total. The van der Waals surface area contributed by atoms with E-state index in [1.807, 2.05) is 32.2 Å².